The van der Waals surface area contributed by atoms with Crippen LogP contribution in [0, 0.1) is 0 Å². The van der Waals surface area contributed by atoms with Crippen LogP contribution < -0.4 is 11.3 Å². The van der Waals surface area contributed by atoms with Gasteiger partial charge in [0, 0.05) is 18.7 Å². The summed E-state index contributed by atoms with van der Waals surface area (Å²) in [6.07, 6.45) is 0.893. The van der Waals surface area contributed by atoms with Crippen LogP contribution in [0.4, 0.5) is 0 Å². The van der Waals surface area contributed by atoms with E-state index in [0.717, 1.165) is 10.9 Å². The van der Waals surface area contributed by atoms with Crippen molar-refractivity contribution < 1.29 is 0 Å². The number of hydrogen-bond acceptors (Lipinski definition) is 4. The van der Waals surface area contributed by atoms with Crippen molar-refractivity contribution >= 4 is 48.0 Å². The molecular formula is C14H13BrN2S2. The van der Waals surface area contributed by atoms with E-state index < -0.39 is 0 Å². The standard InChI is InChI=1S/C14H13BrN2S2/c15-10-3-1-2-9(6-10)7-11(17-16)13-8-14-12(19-13)4-5-18-14/h1-6,8,11,17H,7,16H2. The predicted molar refractivity (Wildman–Crippen MR) is 87.6 cm³/mol. The summed E-state index contributed by atoms with van der Waals surface area (Å²) in [5.74, 6) is 5.73. The van der Waals surface area contributed by atoms with E-state index >= 15 is 0 Å². The van der Waals surface area contributed by atoms with E-state index in [-0.39, 0.29) is 6.04 Å². The first-order valence-corrected chi connectivity index (χ1v) is 8.42. The minimum Gasteiger partial charge on any atom is -0.271 e. The van der Waals surface area contributed by atoms with Crippen LogP contribution in [-0.4, -0.2) is 0 Å². The lowest BCUT2D eigenvalue weighted by atomic mass is 10.1. The Bertz CT molecular complexity index is 661. The van der Waals surface area contributed by atoms with Crippen LogP contribution in [0.2, 0.25) is 0 Å². The molecular weight excluding hydrogens is 340 g/mol. The molecule has 1 unspecified atom stereocenters. The molecule has 0 aliphatic heterocycles. The minimum atomic E-state index is 0.166. The van der Waals surface area contributed by atoms with Crippen LogP contribution in [0.25, 0.3) is 9.40 Å². The molecule has 0 spiro atoms. The number of hydrogen-bond donors (Lipinski definition) is 2. The van der Waals surface area contributed by atoms with Crippen molar-refractivity contribution in [2.24, 2.45) is 5.84 Å². The third-order valence-corrected chi connectivity index (χ3v) is 5.73. The van der Waals surface area contributed by atoms with E-state index in [9.17, 15) is 0 Å². The Morgan fingerprint density at radius 3 is 2.84 bits per heavy atom. The number of rotatable bonds is 4. The van der Waals surface area contributed by atoms with Crippen LogP contribution in [0.3, 0.4) is 0 Å². The monoisotopic (exact) mass is 352 g/mol. The molecule has 1 atom stereocenters. The molecule has 5 heteroatoms. The molecule has 2 aromatic heterocycles. The number of nitrogens with two attached hydrogens (primary N) is 1. The molecule has 3 aromatic rings. The number of halogens is 1. The van der Waals surface area contributed by atoms with Crippen molar-refractivity contribution in [2.45, 2.75) is 12.5 Å². The first-order valence-electron chi connectivity index (χ1n) is 5.94. The summed E-state index contributed by atoms with van der Waals surface area (Å²) in [4.78, 5) is 1.30. The third kappa shape index (κ3) is 2.90. The van der Waals surface area contributed by atoms with Gasteiger partial charge in [0.15, 0.2) is 0 Å². The summed E-state index contributed by atoms with van der Waals surface area (Å²) in [5.41, 5.74) is 4.21. The number of hydrazine groups is 1. The normalized spacial score (nSPS) is 12.9. The fourth-order valence-corrected chi connectivity index (χ4v) is 4.72. The van der Waals surface area contributed by atoms with Gasteiger partial charge in [0.25, 0.3) is 0 Å². The summed E-state index contributed by atoms with van der Waals surface area (Å²) >= 11 is 7.10. The molecule has 2 heterocycles. The number of fused-ring (bicyclic) bond motifs is 1. The maximum absolute atomic E-state index is 5.73. The smallest absolute Gasteiger partial charge is 0.0594 e. The Hall–Kier alpha value is -0.720. The van der Waals surface area contributed by atoms with Gasteiger partial charge in [-0.15, -0.1) is 22.7 Å². The van der Waals surface area contributed by atoms with Gasteiger partial charge in [0.2, 0.25) is 0 Å². The van der Waals surface area contributed by atoms with Crippen LogP contribution >= 0.6 is 38.6 Å². The SMILES string of the molecule is NNC(Cc1cccc(Br)c1)c1cc2sccc2s1. The Labute approximate surface area is 128 Å². The summed E-state index contributed by atoms with van der Waals surface area (Å²) in [6.45, 7) is 0. The average Bonchev–Trinajstić information content (AvgIpc) is 2.96. The van der Waals surface area contributed by atoms with Crippen molar-refractivity contribution in [3.05, 3.63) is 56.7 Å². The highest BCUT2D eigenvalue weighted by Crippen LogP contribution is 2.34. The maximum atomic E-state index is 5.73. The zero-order valence-corrected chi connectivity index (χ0v) is 13.3. The van der Waals surface area contributed by atoms with Crippen molar-refractivity contribution in [1.82, 2.24) is 5.43 Å². The lowest BCUT2D eigenvalue weighted by molar-refractivity contribution is 0.561. The van der Waals surface area contributed by atoms with E-state index in [1.165, 1.54) is 19.8 Å². The van der Waals surface area contributed by atoms with Crippen molar-refractivity contribution in [2.75, 3.05) is 0 Å². The molecule has 19 heavy (non-hydrogen) atoms. The molecule has 0 amide bonds. The second-order valence-corrected chi connectivity index (χ2v) is 7.33. The van der Waals surface area contributed by atoms with Gasteiger partial charge < -0.3 is 0 Å². The van der Waals surface area contributed by atoms with Gasteiger partial charge in [-0.3, -0.25) is 11.3 Å². The topological polar surface area (TPSA) is 38.0 Å². The first kappa shape index (κ1) is 13.3. The van der Waals surface area contributed by atoms with Crippen molar-refractivity contribution in [3.63, 3.8) is 0 Å². The quantitative estimate of drug-likeness (QED) is 0.536. The summed E-state index contributed by atoms with van der Waals surface area (Å²) in [7, 11) is 0. The van der Waals surface area contributed by atoms with Crippen LogP contribution in [0.15, 0.2) is 46.3 Å². The van der Waals surface area contributed by atoms with E-state index in [1.54, 1.807) is 11.3 Å². The van der Waals surface area contributed by atoms with E-state index in [0.29, 0.717) is 0 Å². The molecule has 1 aromatic carbocycles. The molecule has 98 valence electrons. The van der Waals surface area contributed by atoms with Crippen LogP contribution in [-0.2, 0) is 6.42 Å². The Morgan fingerprint density at radius 2 is 2.11 bits per heavy atom. The molecule has 0 aliphatic rings. The summed E-state index contributed by atoms with van der Waals surface area (Å²) in [6, 6.07) is 12.9. The number of benzene rings is 1. The van der Waals surface area contributed by atoms with Crippen molar-refractivity contribution in [1.29, 1.82) is 0 Å². The fraction of sp³-hybridized carbons (Fsp3) is 0.143. The largest absolute Gasteiger partial charge is 0.271 e. The average molecular weight is 353 g/mol. The van der Waals surface area contributed by atoms with E-state index in [1.807, 2.05) is 17.4 Å². The van der Waals surface area contributed by atoms with Gasteiger partial charge >= 0.3 is 0 Å². The Kier molecular flexibility index (Phi) is 4.00. The second-order valence-electron chi connectivity index (χ2n) is 4.35. The molecule has 3 rings (SSSR count). The van der Waals surface area contributed by atoms with Crippen molar-refractivity contribution in [3.8, 4) is 0 Å². The van der Waals surface area contributed by atoms with Crippen LogP contribution in [0.5, 0.6) is 0 Å². The van der Waals surface area contributed by atoms with E-state index in [4.69, 9.17) is 5.84 Å². The summed E-state index contributed by atoms with van der Waals surface area (Å²) < 4.78 is 3.79. The Balaban J connectivity index is 1.86. The van der Waals surface area contributed by atoms with E-state index in [2.05, 4.69) is 57.1 Å². The summed E-state index contributed by atoms with van der Waals surface area (Å²) in [5, 5.41) is 2.13. The van der Waals surface area contributed by atoms with Gasteiger partial charge in [-0.2, -0.15) is 0 Å². The minimum absolute atomic E-state index is 0.166. The molecule has 0 aliphatic carbocycles. The van der Waals surface area contributed by atoms with Gasteiger partial charge in [-0.05, 0) is 41.6 Å². The molecule has 3 N–H and O–H groups in total. The second kappa shape index (κ2) is 5.73. The lowest BCUT2D eigenvalue weighted by Crippen LogP contribution is -2.28. The molecule has 0 radical (unpaired) electrons. The molecule has 0 saturated carbocycles. The zero-order valence-electron chi connectivity index (χ0n) is 10.1. The highest BCUT2D eigenvalue weighted by atomic mass is 79.9. The highest BCUT2D eigenvalue weighted by molar-refractivity contribution is 9.10. The van der Waals surface area contributed by atoms with Gasteiger partial charge in [0.1, 0.15) is 0 Å². The third-order valence-electron chi connectivity index (χ3n) is 3.03. The number of thiophene rings is 2. The molecule has 0 fully saturated rings. The highest BCUT2D eigenvalue weighted by Gasteiger charge is 2.14. The number of nitrogens with one attached hydrogen (secondary N) is 1. The first-order chi connectivity index (χ1) is 9.26. The predicted octanol–water partition coefficient (Wildman–Crippen LogP) is 4.47. The maximum Gasteiger partial charge on any atom is 0.0594 e. The lowest BCUT2D eigenvalue weighted by Gasteiger charge is -2.14. The van der Waals surface area contributed by atoms with Gasteiger partial charge in [0.05, 0.1) is 6.04 Å². The molecule has 0 saturated heterocycles. The fourth-order valence-electron chi connectivity index (χ4n) is 2.10. The zero-order chi connectivity index (χ0) is 13.2. The molecule has 0 bridgehead atoms. The van der Waals surface area contributed by atoms with Crippen LogP contribution in [0.1, 0.15) is 16.5 Å². The molecule has 2 nitrogen and oxygen atoms in total. The Morgan fingerprint density at radius 1 is 1.21 bits per heavy atom. The van der Waals surface area contributed by atoms with Gasteiger partial charge in [-0.25, -0.2) is 0 Å². The van der Waals surface area contributed by atoms with Gasteiger partial charge in [-0.1, -0.05) is 28.1 Å².